The summed E-state index contributed by atoms with van der Waals surface area (Å²) < 4.78 is 12.7. The molecule has 3 aliphatic rings. The highest BCUT2D eigenvalue weighted by Crippen LogP contribution is 2.43. The Labute approximate surface area is 221 Å². The van der Waals surface area contributed by atoms with Crippen molar-refractivity contribution in [3.63, 3.8) is 0 Å². The summed E-state index contributed by atoms with van der Waals surface area (Å²) in [5.74, 6) is 2.43. The normalized spacial score (nSPS) is 18.3. The van der Waals surface area contributed by atoms with Crippen LogP contribution in [0, 0.1) is 0 Å². The van der Waals surface area contributed by atoms with E-state index in [9.17, 15) is 4.79 Å². The van der Waals surface area contributed by atoms with Crippen LogP contribution in [-0.4, -0.2) is 29.7 Å². The van der Waals surface area contributed by atoms with E-state index in [0.717, 1.165) is 58.2 Å². The Balaban J connectivity index is 1.08. The maximum atomic E-state index is 11.8. The third-order valence-electron chi connectivity index (χ3n) is 7.62. The van der Waals surface area contributed by atoms with E-state index >= 15 is 0 Å². The van der Waals surface area contributed by atoms with Gasteiger partial charge >= 0.3 is 0 Å². The van der Waals surface area contributed by atoms with Crippen LogP contribution in [0.15, 0.2) is 77.7 Å². The summed E-state index contributed by atoms with van der Waals surface area (Å²) in [6.45, 7) is 2.69. The molecule has 7 nitrogen and oxygen atoms in total. The first-order valence-corrected chi connectivity index (χ1v) is 13.4. The fourth-order valence-electron chi connectivity index (χ4n) is 5.46. The van der Waals surface area contributed by atoms with E-state index in [1.807, 2.05) is 6.07 Å². The number of aromatic nitrogens is 2. The Morgan fingerprint density at radius 3 is 2.84 bits per heavy atom. The van der Waals surface area contributed by atoms with Gasteiger partial charge in [0.1, 0.15) is 17.6 Å². The van der Waals surface area contributed by atoms with Gasteiger partial charge in [-0.2, -0.15) is 0 Å². The van der Waals surface area contributed by atoms with Crippen LogP contribution in [0.5, 0.6) is 11.5 Å². The monoisotopic (exact) mass is 506 g/mol. The fraction of sp³-hybridized carbons (Fsp3) is 0.290. The number of ether oxygens (including phenoxy) is 2. The van der Waals surface area contributed by atoms with Crippen molar-refractivity contribution in [3.05, 3.63) is 111 Å². The van der Waals surface area contributed by atoms with Crippen molar-refractivity contribution in [2.24, 2.45) is 0 Å². The second-order valence-electron chi connectivity index (χ2n) is 10.3. The molecule has 7 rings (SSSR count). The van der Waals surface area contributed by atoms with Crippen LogP contribution in [0.2, 0.25) is 0 Å². The molecule has 4 aromatic rings. The number of H-pyrrole nitrogens is 1. The third-order valence-corrected chi connectivity index (χ3v) is 7.62. The van der Waals surface area contributed by atoms with E-state index in [1.165, 1.54) is 18.5 Å². The number of hydrogen-bond donors (Lipinski definition) is 2. The molecule has 38 heavy (non-hydrogen) atoms. The molecule has 0 bridgehead atoms. The smallest absolute Gasteiger partial charge is 0.249 e. The lowest BCUT2D eigenvalue weighted by Crippen LogP contribution is -2.39. The zero-order valence-corrected chi connectivity index (χ0v) is 21.2. The summed E-state index contributed by atoms with van der Waals surface area (Å²) in [4.78, 5) is 21.6. The van der Waals surface area contributed by atoms with Crippen LogP contribution in [0.3, 0.4) is 0 Å². The van der Waals surface area contributed by atoms with E-state index < -0.39 is 0 Å². The van der Waals surface area contributed by atoms with Crippen molar-refractivity contribution < 1.29 is 9.47 Å². The predicted molar refractivity (Wildman–Crippen MR) is 147 cm³/mol. The Hall–Kier alpha value is -4.10. The van der Waals surface area contributed by atoms with Gasteiger partial charge in [-0.05, 0) is 54.8 Å². The lowest BCUT2D eigenvalue weighted by molar-refractivity contribution is 0.0384. The fourth-order valence-corrected chi connectivity index (χ4v) is 5.46. The van der Waals surface area contributed by atoms with Gasteiger partial charge in [-0.25, -0.2) is 0 Å². The lowest BCUT2D eigenvalue weighted by atomic mass is 9.95. The topological polar surface area (TPSA) is 79.5 Å². The summed E-state index contributed by atoms with van der Waals surface area (Å²) >= 11 is 0. The molecule has 1 atom stereocenters. The van der Waals surface area contributed by atoms with Crippen molar-refractivity contribution in [2.45, 2.75) is 37.8 Å². The zero-order chi connectivity index (χ0) is 25.5. The molecule has 192 valence electrons. The number of morpholine rings is 1. The van der Waals surface area contributed by atoms with Crippen molar-refractivity contribution in [1.82, 2.24) is 9.97 Å². The van der Waals surface area contributed by atoms with Gasteiger partial charge < -0.3 is 24.7 Å². The first kappa shape index (κ1) is 23.0. The van der Waals surface area contributed by atoms with E-state index in [1.54, 1.807) is 12.3 Å². The van der Waals surface area contributed by atoms with Crippen LogP contribution < -0.4 is 20.5 Å². The van der Waals surface area contributed by atoms with Crippen LogP contribution in [0.25, 0.3) is 0 Å². The number of pyridine rings is 2. The second-order valence-corrected chi connectivity index (χ2v) is 10.3. The van der Waals surface area contributed by atoms with Gasteiger partial charge in [-0.1, -0.05) is 24.3 Å². The maximum Gasteiger partial charge on any atom is 0.249 e. The van der Waals surface area contributed by atoms with Gasteiger partial charge in [0.25, 0.3) is 0 Å². The molecule has 2 aliphatic heterocycles. The highest BCUT2D eigenvalue weighted by atomic mass is 16.5. The van der Waals surface area contributed by atoms with Gasteiger partial charge in [0.2, 0.25) is 5.56 Å². The predicted octanol–water partition coefficient (Wildman–Crippen LogP) is 5.53. The van der Waals surface area contributed by atoms with Gasteiger partial charge in [-0.15, -0.1) is 0 Å². The minimum Gasteiger partial charge on any atom is -0.456 e. The van der Waals surface area contributed by atoms with Crippen molar-refractivity contribution >= 4 is 11.4 Å². The summed E-state index contributed by atoms with van der Waals surface area (Å²) in [5, 5.41) is 3.54. The Morgan fingerprint density at radius 2 is 1.95 bits per heavy atom. The summed E-state index contributed by atoms with van der Waals surface area (Å²) in [6.07, 6.45) is 4.87. The summed E-state index contributed by atoms with van der Waals surface area (Å²) in [5.41, 5.74) is 7.53. The van der Waals surface area contributed by atoms with Gasteiger partial charge in [0.05, 0.1) is 18.8 Å². The highest BCUT2D eigenvalue weighted by Gasteiger charge is 2.29. The average Bonchev–Trinajstić information content (AvgIpc) is 3.81. The summed E-state index contributed by atoms with van der Waals surface area (Å²) in [7, 11) is 0. The molecule has 4 heterocycles. The largest absolute Gasteiger partial charge is 0.456 e. The first-order valence-electron chi connectivity index (χ1n) is 13.4. The standard InChI is InChI=1S/C31H30N4O3/c36-30-17-25(11-12-32-30)35-13-14-37-29(19-35)26-5-1-3-21-15-22-16-23(9-10-28(22)38-31(21)26)33-18-24-4-2-6-27(34-24)20-7-8-20/h1-6,9-12,16-17,20,29,33H,7-8,13-15,18-19H2,(H,32,36). The van der Waals surface area contributed by atoms with Crippen LogP contribution in [-0.2, 0) is 17.7 Å². The molecule has 1 aliphatic carbocycles. The number of hydrogen-bond acceptors (Lipinski definition) is 6. The number of benzene rings is 2. The number of aromatic amines is 1. The van der Waals surface area contributed by atoms with Crippen molar-refractivity contribution in [3.8, 4) is 11.5 Å². The molecule has 2 N–H and O–H groups in total. The molecule has 2 aromatic heterocycles. The second kappa shape index (κ2) is 9.65. The van der Waals surface area contributed by atoms with Crippen molar-refractivity contribution in [1.29, 1.82) is 0 Å². The molecule has 0 spiro atoms. The van der Waals surface area contributed by atoms with E-state index in [0.29, 0.717) is 25.6 Å². The van der Waals surface area contributed by atoms with E-state index in [2.05, 4.69) is 69.8 Å². The maximum absolute atomic E-state index is 11.8. The number of nitrogens with one attached hydrogen (secondary N) is 2. The van der Waals surface area contributed by atoms with Gasteiger partial charge in [-0.3, -0.25) is 9.78 Å². The molecule has 0 radical (unpaired) electrons. The molecule has 1 unspecified atom stereocenters. The SMILES string of the molecule is O=c1cc(N2CCOC(c3cccc4c3Oc3ccc(NCc5cccc(C6CC6)n5)cc3C4)C2)cc[nH]1. The highest BCUT2D eigenvalue weighted by molar-refractivity contribution is 5.59. The molecule has 0 amide bonds. The van der Waals surface area contributed by atoms with Gasteiger partial charge in [0.15, 0.2) is 0 Å². The number of para-hydroxylation sites is 1. The van der Waals surface area contributed by atoms with Crippen LogP contribution >= 0.6 is 0 Å². The molecular weight excluding hydrogens is 476 g/mol. The molecule has 1 saturated heterocycles. The Kier molecular flexibility index (Phi) is 5.85. The number of nitrogens with zero attached hydrogens (tertiary/aromatic N) is 2. The number of fused-ring (bicyclic) bond motifs is 2. The molecule has 2 fully saturated rings. The van der Waals surface area contributed by atoms with Crippen LogP contribution in [0.1, 0.15) is 52.9 Å². The van der Waals surface area contributed by atoms with Crippen molar-refractivity contribution in [2.75, 3.05) is 29.9 Å². The summed E-state index contributed by atoms with van der Waals surface area (Å²) in [6, 6.07) is 22.5. The minimum absolute atomic E-state index is 0.0977. The molecular formula is C31H30N4O3. The zero-order valence-electron chi connectivity index (χ0n) is 21.2. The van der Waals surface area contributed by atoms with E-state index in [-0.39, 0.29) is 11.7 Å². The Morgan fingerprint density at radius 1 is 1.03 bits per heavy atom. The third kappa shape index (κ3) is 4.65. The number of anilines is 2. The lowest BCUT2D eigenvalue weighted by Gasteiger charge is -2.36. The van der Waals surface area contributed by atoms with E-state index in [4.69, 9.17) is 14.5 Å². The minimum atomic E-state index is -0.139. The first-order chi connectivity index (χ1) is 18.7. The number of rotatable bonds is 6. The molecule has 1 saturated carbocycles. The molecule has 2 aromatic carbocycles. The average molecular weight is 507 g/mol. The van der Waals surface area contributed by atoms with Crippen LogP contribution in [0.4, 0.5) is 11.4 Å². The Bertz CT molecular complexity index is 1540. The quantitative estimate of drug-likeness (QED) is 0.315. The van der Waals surface area contributed by atoms with Gasteiger partial charge in [0, 0.05) is 65.9 Å². The molecule has 7 heteroatoms.